The number of rotatable bonds is 4. The Morgan fingerprint density at radius 3 is 2.70 bits per heavy atom. The smallest absolute Gasteiger partial charge is 0.241 e. The average molecular weight is 409 g/mol. The first-order chi connectivity index (χ1) is 12.9. The normalized spacial score (nSPS) is 28.1. The van der Waals surface area contributed by atoms with Crippen molar-refractivity contribution < 1.29 is 13.2 Å². The van der Waals surface area contributed by atoms with E-state index in [0.717, 1.165) is 25.8 Å². The van der Waals surface area contributed by atoms with Crippen LogP contribution in [0.1, 0.15) is 32.1 Å². The molecule has 2 saturated heterocycles. The number of amides is 1. The van der Waals surface area contributed by atoms with Crippen molar-refractivity contribution in [1.29, 1.82) is 0 Å². The van der Waals surface area contributed by atoms with E-state index in [1.165, 1.54) is 18.4 Å². The van der Waals surface area contributed by atoms with E-state index in [1.54, 1.807) is 23.1 Å². The molecule has 0 saturated carbocycles. The van der Waals surface area contributed by atoms with Crippen LogP contribution in [0.3, 0.4) is 0 Å². The number of carbonyl (C=O) groups excluding carboxylic acids is 1. The van der Waals surface area contributed by atoms with Crippen molar-refractivity contribution in [3.8, 4) is 0 Å². The van der Waals surface area contributed by atoms with Crippen LogP contribution in [-0.4, -0.2) is 55.9 Å². The molecule has 4 rings (SSSR count). The van der Waals surface area contributed by atoms with Gasteiger partial charge in [0.05, 0.1) is 24.1 Å². The van der Waals surface area contributed by atoms with E-state index in [2.05, 4.69) is 11.0 Å². The molecule has 2 atom stereocenters. The predicted molar refractivity (Wildman–Crippen MR) is 108 cm³/mol. The molecule has 27 heavy (non-hydrogen) atoms. The van der Waals surface area contributed by atoms with Crippen LogP contribution in [-0.2, 0) is 14.6 Å². The molecule has 1 amide bonds. The number of benzene rings is 1. The quantitative estimate of drug-likeness (QED) is 0.718. The number of carbonyl (C=O) groups is 1. The molecule has 0 bridgehead atoms. The van der Waals surface area contributed by atoms with Gasteiger partial charge in [-0.05, 0) is 50.3 Å². The van der Waals surface area contributed by atoms with Crippen molar-refractivity contribution in [2.75, 3.05) is 29.5 Å². The lowest BCUT2D eigenvalue weighted by molar-refractivity contribution is -0.123. The van der Waals surface area contributed by atoms with Crippen LogP contribution in [0.4, 0.5) is 5.69 Å². The van der Waals surface area contributed by atoms with Gasteiger partial charge < -0.3 is 4.90 Å². The number of hydrogen-bond donors (Lipinski definition) is 0. The molecule has 0 spiro atoms. The third-order valence-corrected chi connectivity index (χ3v) is 7.83. The van der Waals surface area contributed by atoms with E-state index in [-0.39, 0.29) is 36.0 Å². The summed E-state index contributed by atoms with van der Waals surface area (Å²) in [5.41, 5.74) is 2.14. The molecule has 5 nitrogen and oxygen atoms in total. The van der Waals surface area contributed by atoms with Gasteiger partial charge in [-0.25, -0.2) is 8.42 Å². The first-order valence-corrected chi connectivity index (χ1v) is 11.8. The summed E-state index contributed by atoms with van der Waals surface area (Å²) in [5.74, 6) is 0.101. The summed E-state index contributed by atoms with van der Waals surface area (Å²) in [4.78, 5) is 16.7. The number of sulfone groups is 1. The highest BCUT2D eigenvalue weighted by molar-refractivity contribution is 7.91. The van der Waals surface area contributed by atoms with Gasteiger partial charge in [0.15, 0.2) is 9.84 Å². The number of piperazine rings is 1. The average Bonchev–Trinajstić information content (AvgIpc) is 2.95. The first-order valence-electron chi connectivity index (χ1n) is 9.63. The lowest BCUT2D eigenvalue weighted by atomic mass is 9.96. The Kier molecular flexibility index (Phi) is 5.32. The summed E-state index contributed by atoms with van der Waals surface area (Å²) < 4.78 is 24.8. The van der Waals surface area contributed by atoms with Gasteiger partial charge in [-0.2, -0.15) is 0 Å². The van der Waals surface area contributed by atoms with Crippen LogP contribution in [0.2, 0.25) is 5.02 Å². The van der Waals surface area contributed by atoms with Crippen LogP contribution < -0.4 is 4.90 Å². The summed E-state index contributed by atoms with van der Waals surface area (Å²) in [6.07, 6.45) is 7.99. The lowest BCUT2D eigenvalue weighted by Crippen LogP contribution is -2.62. The van der Waals surface area contributed by atoms with Crippen molar-refractivity contribution >= 4 is 33.0 Å². The highest BCUT2D eigenvalue weighted by Gasteiger charge is 2.49. The van der Waals surface area contributed by atoms with Gasteiger partial charge in [0.2, 0.25) is 5.91 Å². The zero-order chi connectivity index (χ0) is 19.0. The van der Waals surface area contributed by atoms with E-state index < -0.39 is 9.84 Å². The Balaban J connectivity index is 1.57. The Labute approximate surface area is 165 Å². The molecule has 7 heteroatoms. The van der Waals surface area contributed by atoms with E-state index in [9.17, 15) is 13.2 Å². The summed E-state index contributed by atoms with van der Waals surface area (Å²) in [5, 5.41) is 0.546. The predicted octanol–water partition coefficient (Wildman–Crippen LogP) is 3.04. The minimum Gasteiger partial charge on any atom is -0.306 e. The van der Waals surface area contributed by atoms with Crippen LogP contribution in [0.5, 0.6) is 0 Å². The first kappa shape index (κ1) is 19.0. The fourth-order valence-electron chi connectivity index (χ4n) is 4.58. The summed E-state index contributed by atoms with van der Waals surface area (Å²) >= 11 is 6.10. The van der Waals surface area contributed by atoms with Crippen LogP contribution >= 0.6 is 11.6 Å². The molecule has 1 aliphatic carbocycles. The SMILES string of the molecule is O=C1CN(CCC2=CCCCC2)C2CS(=O)(=O)CC2N1c1cccc(Cl)c1. The zero-order valence-corrected chi connectivity index (χ0v) is 16.9. The number of anilines is 1. The maximum Gasteiger partial charge on any atom is 0.241 e. The second-order valence-corrected chi connectivity index (χ2v) is 10.4. The molecule has 1 aromatic rings. The van der Waals surface area contributed by atoms with E-state index >= 15 is 0 Å². The Morgan fingerprint density at radius 1 is 1.15 bits per heavy atom. The number of allylic oxidation sites excluding steroid dienone is 1. The summed E-state index contributed by atoms with van der Waals surface area (Å²) in [6, 6.07) is 6.64. The molecule has 0 aromatic heterocycles. The molecular weight excluding hydrogens is 384 g/mol. The Hall–Kier alpha value is -1.37. The van der Waals surface area contributed by atoms with Crippen LogP contribution in [0.15, 0.2) is 35.9 Å². The second-order valence-electron chi connectivity index (χ2n) is 7.78. The molecular formula is C20H25ClN2O3S. The molecule has 2 heterocycles. The lowest BCUT2D eigenvalue weighted by Gasteiger charge is -2.43. The monoisotopic (exact) mass is 408 g/mol. The molecule has 2 unspecified atom stereocenters. The van der Waals surface area contributed by atoms with E-state index in [0.29, 0.717) is 10.7 Å². The van der Waals surface area contributed by atoms with Crippen molar-refractivity contribution in [2.45, 2.75) is 44.2 Å². The van der Waals surface area contributed by atoms with Gasteiger partial charge in [-0.15, -0.1) is 0 Å². The molecule has 2 aliphatic heterocycles. The standard InChI is InChI=1S/C20H25ClN2O3S/c21-16-7-4-8-17(11-16)23-19-14-27(25,26)13-18(19)22(12-20(23)24)10-9-15-5-2-1-3-6-15/h4-5,7-8,11,18-19H,1-3,6,9-10,12-14H2. The molecule has 0 radical (unpaired) electrons. The van der Waals surface area contributed by atoms with E-state index in [1.807, 2.05) is 6.07 Å². The topological polar surface area (TPSA) is 57.7 Å². The minimum absolute atomic E-state index is 0.0229. The van der Waals surface area contributed by atoms with Gasteiger partial charge in [-0.3, -0.25) is 9.69 Å². The summed E-state index contributed by atoms with van der Waals surface area (Å²) in [6.45, 7) is 1.01. The van der Waals surface area contributed by atoms with Crippen molar-refractivity contribution in [2.24, 2.45) is 0 Å². The number of hydrogen-bond acceptors (Lipinski definition) is 4. The largest absolute Gasteiger partial charge is 0.306 e. The minimum atomic E-state index is -3.16. The third kappa shape index (κ3) is 4.08. The maximum absolute atomic E-state index is 13.0. The van der Waals surface area contributed by atoms with Gasteiger partial charge in [0.25, 0.3) is 0 Å². The van der Waals surface area contributed by atoms with Crippen molar-refractivity contribution in [1.82, 2.24) is 4.90 Å². The molecule has 0 N–H and O–H groups in total. The molecule has 2 fully saturated rings. The van der Waals surface area contributed by atoms with Crippen molar-refractivity contribution in [3.05, 3.63) is 40.9 Å². The second kappa shape index (κ2) is 7.57. The van der Waals surface area contributed by atoms with Crippen LogP contribution in [0, 0.1) is 0 Å². The fourth-order valence-corrected chi connectivity index (χ4v) is 6.75. The van der Waals surface area contributed by atoms with Gasteiger partial charge in [0, 0.05) is 23.3 Å². The van der Waals surface area contributed by atoms with Crippen LogP contribution in [0.25, 0.3) is 0 Å². The highest BCUT2D eigenvalue weighted by Crippen LogP contribution is 2.33. The number of fused-ring (bicyclic) bond motifs is 1. The number of nitrogens with zero attached hydrogens (tertiary/aromatic N) is 2. The fraction of sp³-hybridized carbons (Fsp3) is 0.550. The van der Waals surface area contributed by atoms with Gasteiger partial charge in [-0.1, -0.05) is 29.3 Å². The van der Waals surface area contributed by atoms with E-state index in [4.69, 9.17) is 11.6 Å². The highest BCUT2D eigenvalue weighted by atomic mass is 35.5. The zero-order valence-electron chi connectivity index (χ0n) is 15.3. The Bertz CT molecular complexity index is 868. The molecule has 146 valence electrons. The number of halogens is 1. The van der Waals surface area contributed by atoms with Crippen molar-refractivity contribution in [3.63, 3.8) is 0 Å². The summed E-state index contributed by atoms with van der Waals surface area (Å²) in [7, 11) is -3.16. The Morgan fingerprint density at radius 2 is 1.96 bits per heavy atom. The maximum atomic E-state index is 13.0. The van der Waals surface area contributed by atoms with Gasteiger partial charge in [0.1, 0.15) is 0 Å². The van der Waals surface area contributed by atoms with Gasteiger partial charge >= 0.3 is 0 Å². The molecule has 1 aromatic carbocycles. The third-order valence-electron chi connectivity index (χ3n) is 5.89. The molecule has 3 aliphatic rings.